The highest BCUT2D eigenvalue weighted by Crippen LogP contribution is 2.29. The van der Waals surface area contributed by atoms with E-state index in [1.54, 1.807) is 0 Å². The van der Waals surface area contributed by atoms with Gasteiger partial charge in [0, 0.05) is 5.56 Å². The first kappa shape index (κ1) is 9.44. The molecule has 1 aromatic heterocycles. The Bertz CT molecular complexity index is 443. The minimum atomic E-state index is 0.292. The lowest BCUT2D eigenvalue weighted by atomic mass is 10.1. The van der Waals surface area contributed by atoms with Gasteiger partial charge in [0.25, 0.3) is 0 Å². The molecular weight excluding hydrogens is 219 g/mol. The van der Waals surface area contributed by atoms with Crippen LogP contribution in [0.1, 0.15) is 0 Å². The Labute approximate surface area is 91.5 Å². The molecule has 14 heavy (non-hydrogen) atoms. The fraction of sp³-hybridized carbons (Fsp3) is 0. The molecule has 2 nitrogen and oxygen atoms in total. The molecule has 0 amide bonds. The second-order valence-electron chi connectivity index (χ2n) is 2.65. The molecule has 1 heterocycles. The van der Waals surface area contributed by atoms with Gasteiger partial charge < -0.3 is 0 Å². The zero-order valence-corrected chi connectivity index (χ0v) is 8.55. The van der Waals surface area contributed by atoms with Crippen molar-refractivity contribution in [3.8, 4) is 11.3 Å². The smallest absolute Gasteiger partial charge is 0.135 e. The van der Waals surface area contributed by atoms with Crippen molar-refractivity contribution in [1.82, 2.24) is 10.2 Å². The SMILES string of the molecule is Clc1[c]nnc(-c2ccccc2)c1Cl. The molecule has 0 saturated heterocycles. The molecule has 0 unspecified atom stereocenters. The van der Waals surface area contributed by atoms with Gasteiger partial charge in [0.1, 0.15) is 11.9 Å². The summed E-state index contributed by atoms with van der Waals surface area (Å²) in [6, 6.07) is 9.51. The Hall–Kier alpha value is -1.12. The average Bonchev–Trinajstić information content (AvgIpc) is 2.23. The maximum absolute atomic E-state index is 5.96. The summed E-state index contributed by atoms with van der Waals surface area (Å²) in [5, 5.41) is 8.19. The van der Waals surface area contributed by atoms with E-state index in [9.17, 15) is 0 Å². The molecule has 4 heteroatoms. The molecule has 2 aromatic rings. The van der Waals surface area contributed by atoms with Crippen molar-refractivity contribution in [1.29, 1.82) is 0 Å². The van der Waals surface area contributed by atoms with E-state index in [0.29, 0.717) is 15.7 Å². The number of halogens is 2. The van der Waals surface area contributed by atoms with Gasteiger partial charge in [-0.25, -0.2) is 0 Å². The second kappa shape index (κ2) is 3.95. The lowest BCUT2D eigenvalue weighted by Crippen LogP contribution is -1.89. The molecule has 1 aromatic carbocycles. The first-order valence-electron chi connectivity index (χ1n) is 3.94. The first-order valence-corrected chi connectivity index (χ1v) is 4.69. The lowest BCUT2D eigenvalue weighted by Gasteiger charge is -2.02. The van der Waals surface area contributed by atoms with Gasteiger partial charge in [0.15, 0.2) is 0 Å². The van der Waals surface area contributed by atoms with Crippen molar-refractivity contribution in [2.24, 2.45) is 0 Å². The van der Waals surface area contributed by atoms with Gasteiger partial charge in [0.2, 0.25) is 0 Å². The number of hydrogen-bond donors (Lipinski definition) is 0. The summed E-state index contributed by atoms with van der Waals surface area (Å²) in [5.74, 6) is 0. The second-order valence-corrected chi connectivity index (χ2v) is 3.41. The lowest BCUT2D eigenvalue weighted by molar-refractivity contribution is 1.03. The van der Waals surface area contributed by atoms with Crippen molar-refractivity contribution in [3.05, 3.63) is 46.6 Å². The molecule has 0 aliphatic carbocycles. The molecule has 0 saturated carbocycles. The summed E-state index contributed by atoms with van der Waals surface area (Å²) in [7, 11) is 0. The summed E-state index contributed by atoms with van der Waals surface area (Å²) < 4.78 is 0. The van der Waals surface area contributed by atoms with Gasteiger partial charge >= 0.3 is 0 Å². The zero-order chi connectivity index (χ0) is 9.97. The summed E-state index contributed by atoms with van der Waals surface area (Å²) >= 11 is 11.7. The summed E-state index contributed by atoms with van der Waals surface area (Å²) in [6.45, 7) is 0. The molecule has 0 fully saturated rings. The third-order valence-electron chi connectivity index (χ3n) is 1.75. The fourth-order valence-corrected chi connectivity index (χ4v) is 1.41. The Morgan fingerprint density at radius 2 is 1.79 bits per heavy atom. The van der Waals surface area contributed by atoms with Gasteiger partial charge in [-0.3, -0.25) is 0 Å². The van der Waals surface area contributed by atoms with E-state index in [-0.39, 0.29) is 0 Å². The Morgan fingerprint density at radius 3 is 2.50 bits per heavy atom. The van der Waals surface area contributed by atoms with Gasteiger partial charge in [-0.2, -0.15) is 0 Å². The number of aromatic nitrogens is 2. The number of benzene rings is 1. The van der Waals surface area contributed by atoms with Crippen LogP contribution in [0.4, 0.5) is 0 Å². The third-order valence-corrected chi connectivity index (χ3v) is 2.48. The highest BCUT2D eigenvalue weighted by molar-refractivity contribution is 6.43. The Balaban J connectivity index is 2.58. The Morgan fingerprint density at radius 1 is 1.07 bits per heavy atom. The minimum Gasteiger partial charge on any atom is -0.148 e. The van der Waals surface area contributed by atoms with E-state index in [1.165, 1.54) is 0 Å². The normalized spacial score (nSPS) is 10.1. The molecule has 0 aliphatic rings. The number of hydrogen-bond acceptors (Lipinski definition) is 2. The number of nitrogens with zero attached hydrogens (tertiary/aromatic N) is 2. The number of rotatable bonds is 1. The van der Waals surface area contributed by atoms with E-state index in [1.807, 2.05) is 30.3 Å². The van der Waals surface area contributed by atoms with Gasteiger partial charge in [-0.05, 0) is 0 Å². The minimum absolute atomic E-state index is 0.292. The maximum atomic E-state index is 5.96. The summed E-state index contributed by atoms with van der Waals surface area (Å²) in [4.78, 5) is 0. The molecule has 2 rings (SSSR count). The quantitative estimate of drug-likeness (QED) is 0.742. The van der Waals surface area contributed by atoms with Crippen LogP contribution in [0, 0.1) is 6.20 Å². The first-order chi connectivity index (χ1) is 6.79. The summed E-state index contributed by atoms with van der Waals surface area (Å²) in [5.41, 5.74) is 1.47. The summed E-state index contributed by atoms with van der Waals surface area (Å²) in [6.07, 6.45) is 2.48. The van der Waals surface area contributed by atoms with Crippen molar-refractivity contribution in [2.45, 2.75) is 0 Å². The predicted octanol–water partition coefficient (Wildman–Crippen LogP) is 3.25. The van der Waals surface area contributed by atoms with Crippen LogP contribution >= 0.6 is 23.2 Å². The molecule has 0 atom stereocenters. The highest BCUT2D eigenvalue weighted by Gasteiger charge is 2.08. The van der Waals surface area contributed by atoms with Crippen LogP contribution in [0.5, 0.6) is 0 Å². The van der Waals surface area contributed by atoms with Gasteiger partial charge in [-0.15, -0.1) is 10.2 Å². The topological polar surface area (TPSA) is 25.8 Å². The van der Waals surface area contributed by atoms with Crippen molar-refractivity contribution in [3.63, 3.8) is 0 Å². The van der Waals surface area contributed by atoms with Crippen LogP contribution in [-0.4, -0.2) is 10.2 Å². The van der Waals surface area contributed by atoms with Crippen molar-refractivity contribution in [2.75, 3.05) is 0 Å². The molecule has 0 bridgehead atoms. The van der Waals surface area contributed by atoms with E-state index in [0.717, 1.165) is 5.56 Å². The monoisotopic (exact) mass is 223 g/mol. The fourth-order valence-electron chi connectivity index (χ4n) is 1.10. The van der Waals surface area contributed by atoms with Crippen LogP contribution in [0.3, 0.4) is 0 Å². The van der Waals surface area contributed by atoms with Gasteiger partial charge in [0.05, 0.1) is 10.0 Å². The Kier molecular flexibility index (Phi) is 2.66. The largest absolute Gasteiger partial charge is 0.148 e. The highest BCUT2D eigenvalue weighted by atomic mass is 35.5. The van der Waals surface area contributed by atoms with E-state index in [2.05, 4.69) is 16.4 Å². The van der Waals surface area contributed by atoms with Crippen LogP contribution in [0.2, 0.25) is 10.0 Å². The van der Waals surface area contributed by atoms with Crippen LogP contribution in [0.25, 0.3) is 11.3 Å². The molecule has 0 spiro atoms. The van der Waals surface area contributed by atoms with E-state index in [4.69, 9.17) is 23.2 Å². The third kappa shape index (κ3) is 1.72. The molecular formula is C10H5Cl2N2. The molecule has 69 valence electrons. The molecule has 0 aliphatic heterocycles. The van der Waals surface area contributed by atoms with E-state index < -0.39 is 0 Å². The maximum Gasteiger partial charge on any atom is 0.135 e. The molecule has 0 N–H and O–H groups in total. The van der Waals surface area contributed by atoms with Crippen molar-refractivity contribution < 1.29 is 0 Å². The van der Waals surface area contributed by atoms with Gasteiger partial charge in [-0.1, -0.05) is 53.5 Å². The predicted molar refractivity (Wildman–Crippen MR) is 56.3 cm³/mol. The van der Waals surface area contributed by atoms with Crippen LogP contribution in [-0.2, 0) is 0 Å². The van der Waals surface area contributed by atoms with Crippen molar-refractivity contribution >= 4 is 23.2 Å². The van der Waals surface area contributed by atoms with Crippen LogP contribution < -0.4 is 0 Å². The average molecular weight is 224 g/mol. The standard InChI is InChI=1S/C10H5Cl2N2/c11-8-6-13-14-10(9(8)12)7-4-2-1-3-5-7/h1-5H. The van der Waals surface area contributed by atoms with Crippen LogP contribution in [0.15, 0.2) is 30.3 Å². The molecule has 1 radical (unpaired) electrons. The zero-order valence-electron chi connectivity index (χ0n) is 7.04. The van der Waals surface area contributed by atoms with E-state index >= 15 is 0 Å².